The number of amides is 1. The van der Waals surface area contributed by atoms with Gasteiger partial charge in [0.05, 0.1) is 5.01 Å². The maximum atomic E-state index is 11.9. The van der Waals surface area contributed by atoms with E-state index < -0.39 is 12.0 Å². The Morgan fingerprint density at radius 1 is 1.33 bits per heavy atom. The second kappa shape index (κ2) is 6.96. The molecule has 1 aromatic carbocycles. The van der Waals surface area contributed by atoms with Gasteiger partial charge in [0, 0.05) is 18.3 Å². The van der Waals surface area contributed by atoms with Crippen molar-refractivity contribution in [3.8, 4) is 0 Å². The molecule has 0 radical (unpaired) electrons. The molecule has 1 aromatic heterocycles. The van der Waals surface area contributed by atoms with Crippen LogP contribution in [0.2, 0.25) is 0 Å². The lowest BCUT2D eigenvalue weighted by atomic mass is 10.1. The molecule has 0 saturated heterocycles. The summed E-state index contributed by atoms with van der Waals surface area (Å²) in [5.74, 6) is -1.32. The van der Waals surface area contributed by atoms with Gasteiger partial charge in [0.15, 0.2) is 5.69 Å². The van der Waals surface area contributed by atoms with E-state index in [1.807, 2.05) is 18.2 Å². The summed E-state index contributed by atoms with van der Waals surface area (Å²) in [7, 11) is 0. The Hall–Kier alpha value is -2.25. The molecule has 7 heteroatoms. The van der Waals surface area contributed by atoms with Crippen molar-refractivity contribution in [3.63, 3.8) is 0 Å². The predicted molar refractivity (Wildman–Crippen MR) is 79.2 cm³/mol. The molecular weight excluding hydrogens is 290 g/mol. The van der Waals surface area contributed by atoms with E-state index in [2.05, 4.69) is 10.3 Å². The van der Waals surface area contributed by atoms with Gasteiger partial charge in [0.1, 0.15) is 6.04 Å². The summed E-state index contributed by atoms with van der Waals surface area (Å²) >= 11 is 1.26. The molecule has 0 aliphatic carbocycles. The summed E-state index contributed by atoms with van der Waals surface area (Å²) in [6, 6.07) is 8.39. The fraction of sp³-hybridized carbons (Fsp3) is 0.214. The first-order chi connectivity index (χ1) is 10.1. The van der Waals surface area contributed by atoms with Crippen LogP contribution in [0, 0.1) is 0 Å². The van der Waals surface area contributed by atoms with Gasteiger partial charge in [-0.1, -0.05) is 30.3 Å². The standard InChI is InChI=1S/C14H15N3O3S/c15-12(9-4-2-1-3-5-9)13(18)16-7-6-11-17-10(8-21-11)14(19)20/h1-5,8,12H,6-7,15H2,(H,16,18)(H,19,20). The minimum absolute atomic E-state index is 0.0299. The molecule has 0 fully saturated rings. The molecule has 1 unspecified atom stereocenters. The highest BCUT2D eigenvalue weighted by atomic mass is 32.1. The summed E-state index contributed by atoms with van der Waals surface area (Å²) in [5, 5.41) is 13.6. The zero-order valence-corrected chi connectivity index (χ0v) is 12.0. The van der Waals surface area contributed by atoms with Crippen molar-refractivity contribution in [2.45, 2.75) is 12.5 Å². The maximum Gasteiger partial charge on any atom is 0.355 e. The highest BCUT2D eigenvalue weighted by Gasteiger charge is 2.15. The number of nitrogens with one attached hydrogen (secondary N) is 1. The highest BCUT2D eigenvalue weighted by Crippen LogP contribution is 2.11. The Balaban J connectivity index is 1.82. The van der Waals surface area contributed by atoms with Crippen LogP contribution in [0.15, 0.2) is 35.7 Å². The Morgan fingerprint density at radius 3 is 2.67 bits per heavy atom. The zero-order valence-electron chi connectivity index (χ0n) is 11.2. The van der Waals surface area contributed by atoms with Crippen molar-refractivity contribution in [2.24, 2.45) is 5.73 Å². The average molecular weight is 305 g/mol. The van der Waals surface area contributed by atoms with Crippen molar-refractivity contribution < 1.29 is 14.7 Å². The van der Waals surface area contributed by atoms with E-state index in [4.69, 9.17) is 10.8 Å². The van der Waals surface area contributed by atoms with E-state index in [0.717, 1.165) is 5.56 Å². The first-order valence-electron chi connectivity index (χ1n) is 6.34. The van der Waals surface area contributed by atoms with Crippen LogP contribution in [0.4, 0.5) is 0 Å². The number of carboxylic acid groups (broad SMARTS) is 1. The molecule has 0 aliphatic rings. The molecule has 2 rings (SSSR count). The lowest BCUT2D eigenvalue weighted by Gasteiger charge is -2.11. The van der Waals surface area contributed by atoms with E-state index in [1.165, 1.54) is 16.7 Å². The molecule has 21 heavy (non-hydrogen) atoms. The first kappa shape index (κ1) is 15.1. The number of rotatable bonds is 6. The van der Waals surface area contributed by atoms with Gasteiger partial charge in [-0.25, -0.2) is 9.78 Å². The van der Waals surface area contributed by atoms with Gasteiger partial charge in [0.25, 0.3) is 0 Å². The maximum absolute atomic E-state index is 11.9. The SMILES string of the molecule is NC(C(=O)NCCc1nc(C(=O)O)cs1)c1ccccc1. The van der Waals surface area contributed by atoms with Gasteiger partial charge in [-0.05, 0) is 5.56 Å². The average Bonchev–Trinajstić information content (AvgIpc) is 2.96. The van der Waals surface area contributed by atoms with E-state index in [9.17, 15) is 9.59 Å². The molecule has 1 heterocycles. The van der Waals surface area contributed by atoms with Crippen LogP contribution in [0.25, 0.3) is 0 Å². The first-order valence-corrected chi connectivity index (χ1v) is 7.22. The number of hydrogen-bond donors (Lipinski definition) is 3. The number of carbonyl (C=O) groups excluding carboxylic acids is 1. The fourth-order valence-electron chi connectivity index (χ4n) is 1.74. The number of benzene rings is 1. The second-order valence-corrected chi connectivity index (χ2v) is 5.30. The van der Waals surface area contributed by atoms with Crippen molar-refractivity contribution in [2.75, 3.05) is 6.54 Å². The minimum atomic E-state index is -1.05. The van der Waals surface area contributed by atoms with Gasteiger partial charge < -0.3 is 16.2 Å². The topological polar surface area (TPSA) is 105 Å². The van der Waals surface area contributed by atoms with Crippen LogP contribution in [0.1, 0.15) is 27.1 Å². The van der Waals surface area contributed by atoms with Crippen LogP contribution in [-0.2, 0) is 11.2 Å². The summed E-state index contributed by atoms with van der Waals surface area (Å²) in [4.78, 5) is 26.5. The fourth-order valence-corrected chi connectivity index (χ4v) is 2.51. The number of nitrogens with two attached hydrogens (primary N) is 1. The lowest BCUT2D eigenvalue weighted by Crippen LogP contribution is -2.35. The number of nitrogens with zero attached hydrogens (tertiary/aromatic N) is 1. The molecule has 0 aliphatic heterocycles. The van der Waals surface area contributed by atoms with Gasteiger partial charge in [0.2, 0.25) is 5.91 Å². The van der Waals surface area contributed by atoms with Crippen LogP contribution in [0.5, 0.6) is 0 Å². The van der Waals surface area contributed by atoms with E-state index >= 15 is 0 Å². The Bertz CT molecular complexity index is 627. The van der Waals surface area contributed by atoms with Crippen molar-refractivity contribution >= 4 is 23.2 Å². The van der Waals surface area contributed by atoms with Crippen molar-refractivity contribution in [1.29, 1.82) is 0 Å². The van der Waals surface area contributed by atoms with Gasteiger partial charge >= 0.3 is 5.97 Å². The number of carboxylic acids is 1. The van der Waals surface area contributed by atoms with Crippen LogP contribution in [-0.4, -0.2) is 28.5 Å². The molecule has 0 saturated carbocycles. The van der Waals surface area contributed by atoms with Gasteiger partial charge in [-0.3, -0.25) is 4.79 Å². The Kier molecular flexibility index (Phi) is 5.02. The summed E-state index contributed by atoms with van der Waals surface area (Å²) in [5.41, 5.74) is 6.64. The monoisotopic (exact) mass is 305 g/mol. The molecular formula is C14H15N3O3S. The smallest absolute Gasteiger partial charge is 0.355 e. The number of aromatic carboxylic acids is 1. The van der Waals surface area contributed by atoms with Crippen molar-refractivity contribution in [1.82, 2.24) is 10.3 Å². The molecule has 0 spiro atoms. The molecule has 2 aromatic rings. The zero-order chi connectivity index (χ0) is 15.2. The third-order valence-corrected chi connectivity index (χ3v) is 3.76. The number of thiazole rings is 1. The Morgan fingerprint density at radius 2 is 2.05 bits per heavy atom. The molecule has 4 N–H and O–H groups in total. The van der Waals surface area contributed by atoms with E-state index in [1.54, 1.807) is 12.1 Å². The van der Waals surface area contributed by atoms with E-state index in [-0.39, 0.29) is 11.6 Å². The minimum Gasteiger partial charge on any atom is -0.476 e. The number of aromatic nitrogens is 1. The van der Waals surface area contributed by atoms with E-state index in [0.29, 0.717) is 18.0 Å². The second-order valence-electron chi connectivity index (χ2n) is 4.36. The van der Waals surface area contributed by atoms with Gasteiger partial charge in [-0.2, -0.15) is 0 Å². The largest absolute Gasteiger partial charge is 0.476 e. The number of hydrogen-bond acceptors (Lipinski definition) is 5. The Labute approximate surface area is 125 Å². The predicted octanol–water partition coefficient (Wildman–Crippen LogP) is 1.20. The molecule has 110 valence electrons. The quantitative estimate of drug-likeness (QED) is 0.743. The normalized spacial score (nSPS) is 11.9. The highest BCUT2D eigenvalue weighted by molar-refractivity contribution is 7.09. The number of carbonyl (C=O) groups is 2. The summed E-state index contributed by atoms with van der Waals surface area (Å²) < 4.78 is 0. The molecule has 0 bridgehead atoms. The molecule has 1 atom stereocenters. The van der Waals surface area contributed by atoms with Crippen LogP contribution >= 0.6 is 11.3 Å². The van der Waals surface area contributed by atoms with Crippen LogP contribution < -0.4 is 11.1 Å². The molecule has 1 amide bonds. The third kappa shape index (κ3) is 4.11. The third-order valence-electron chi connectivity index (χ3n) is 2.85. The van der Waals surface area contributed by atoms with Crippen molar-refractivity contribution in [3.05, 3.63) is 52.0 Å². The van der Waals surface area contributed by atoms with Gasteiger partial charge in [-0.15, -0.1) is 11.3 Å². The summed E-state index contributed by atoms with van der Waals surface area (Å²) in [6.07, 6.45) is 0.477. The van der Waals surface area contributed by atoms with Crippen LogP contribution in [0.3, 0.4) is 0 Å². The molecule has 6 nitrogen and oxygen atoms in total. The summed E-state index contributed by atoms with van der Waals surface area (Å²) in [6.45, 7) is 0.367. The lowest BCUT2D eigenvalue weighted by molar-refractivity contribution is -0.122.